The first kappa shape index (κ1) is 11.5. The molecule has 1 aliphatic rings. The first-order valence-corrected chi connectivity index (χ1v) is 6.26. The van der Waals surface area contributed by atoms with Crippen LogP contribution in [0.3, 0.4) is 0 Å². The minimum atomic E-state index is 0.168. The summed E-state index contributed by atoms with van der Waals surface area (Å²) in [5.74, 6) is 0.502. The summed E-state index contributed by atoms with van der Waals surface area (Å²) in [4.78, 5) is 2.43. The van der Waals surface area contributed by atoms with E-state index in [0.29, 0.717) is 5.92 Å². The highest BCUT2D eigenvalue weighted by molar-refractivity contribution is 5.59. The standard InChI is InChI=1S/C14H22N2/c1-4-16-8-7-11-9-12(5-6-13(11)16)14(15)10(2)3/h5-6,9-10,14H,4,7-8,15H2,1-3H3. The third-order valence-corrected chi connectivity index (χ3v) is 3.58. The van der Waals surface area contributed by atoms with E-state index in [9.17, 15) is 0 Å². The predicted octanol–water partition coefficient (Wildman–Crippen LogP) is 2.72. The van der Waals surface area contributed by atoms with Gasteiger partial charge >= 0.3 is 0 Å². The fourth-order valence-corrected chi connectivity index (χ4v) is 2.41. The topological polar surface area (TPSA) is 29.3 Å². The Bertz CT molecular complexity index is 371. The number of benzene rings is 1. The molecule has 1 aromatic rings. The molecule has 0 aromatic heterocycles. The van der Waals surface area contributed by atoms with Crippen molar-refractivity contribution in [1.29, 1.82) is 0 Å². The van der Waals surface area contributed by atoms with Gasteiger partial charge in [0.05, 0.1) is 0 Å². The molecule has 0 saturated heterocycles. The summed E-state index contributed by atoms with van der Waals surface area (Å²) in [5.41, 5.74) is 10.3. The van der Waals surface area contributed by atoms with E-state index in [2.05, 4.69) is 43.9 Å². The molecule has 0 bridgehead atoms. The third-order valence-electron chi connectivity index (χ3n) is 3.58. The molecule has 1 unspecified atom stereocenters. The average molecular weight is 218 g/mol. The maximum Gasteiger partial charge on any atom is 0.0399 e. The highest BCUT2D eigenvalue weighted by Crippen LogP contribution is 2.31. The van der Waals surface area contributed by atoms with Crippen LogP contribution in [0.4, 0.5) is 5.69 Å². The lowest BCUT2D eigenvalue weighted by atomic mass is 9.95. The van der Waals surface area contributed by atoms with E-state index < -0.39 is 0 Å². The first-order chi connectivity index (χ1) is 7.63. The number of hydrogen-bond donors (Lipinski definition) is 1. The Morgan fingerprint density at radius 3 is 2.75 bits per heavy atom. The zero-order valence-electron chi connectivity index (χ0n) is 10.5. The van der Waals surface area contributed by atoms with Crippen molar-refractivity contribution in [2.45, 2.75) is 33.2 Å². The molecule has 1 aliphatic heterocycles. The second kappa shape index (κ2) is 4.46. The lowest BCUT2D eigenvalue weighted by molar-refractivity contribution is 0.514. The molecule has 1 aromatic carbocycles. The lowest BCUT2D eigenvalue weighted by Gasteiger charge is -2.19. The van der Waals surface area contributed by atoms with Gasteiger partial charge in [0.2, 0.25) is 0 Å². The Kier molecular flexibility index (Phi) is 3.20. The predicted molar refractivity (Wildman–Crippen MR) is 69.8 cm³/mol. The van der Waals surface area contributed by atoms with Crippen LogP contribution in [0.1, 0.15) is 37.9 Å². The Hall–Kier alpha value is -1.02. The van der Waals surface area contributed by atoms with Crippen LogP contribution in [0.2, 0.25) is 0 Å². The molecule has 1 atom stereocenters. The fraction of sp³-hybridized carbons (Fsp3) is 0.571. The molecule has 2 heteroatoms. The summed E-state index contributed by atoms with van der Waals surface area (Å²) in [7, 11) is 0. The van der Waals surface area contributed by atoms with Crippen LogP contribution in [0.5, 0.6) is 0 Å². The van der Waals surface area contributed by atoms with E-state index in [-0.39, 0.29) is 6.04 Å². The second-order valence-electron chi connectivity index (χ2n) is 4.99. The SMILES string of the molecule is CCN1CCc2cc(C(N)C(C)C)ccc21. The molecule has 0 aliphatic carbocycles. The molecule has 2 rings (SSSR count). The monoisotopic (exact) mass is 218 g/mol. The quantitative estimate of drug-likeness (QED) is 0.845. The summed E-state index contributed by atoms with van der Waals surface area (Å²) in [5, 5.41) is 0. The van der Waals surface area contributed by atoms with E-state index in [1.807, 2.05) is 0 Å². The molecule has 0 fully saturated rings. The van der Waals surface area contributed by atoms with Crippen LogP contribution in [0, 0.1) is 5.92 Å². The minimum absolute atomic E-state index is 0.168. The van der Waals surface area contributed by atoms with Crippen LogP contribution in [-0.2, 0) is 6.42 Å². The van der Waals surface area contributed by atoms with Crippen LogP contribution in [0.25, 0.3) is 0 Å². The van der Waals surface area contributed by atoms with Gasteiger partial charge in [-0.15, -0.1) is 0 Å². The van der Waals surface area contributed by atoms with Crippen molar-refractivity contribution in [3.63, 3.8) is 0 Å². The number of likely N-dealkylation sites (N-methyl/N-ethyl adjacent to an activating group) is 1. The Labute approximate surface area is 98.4 Å². The van der Waals surface area contributed by atoms with E-state index in [4.69, 9.17) is 5.73 Å². The maximum atomic E-state index is 6.19. The van der Waals surface area contributed by atoms with Gasteiger partial charge in [0.15, 0.2) is 0 Å². The van der Waals surface area contributed by atoms with Gasteiger partial charge < -0.3 is 10.6 Å². The zero-order valence-corrected chi connectivity index (χ0v) is 10.5. The van der Waals surface area contributed by atoms with Gasteiger partial charge in [-0.05, 0) is 36.5 Å². The lowest BCUT2D eigenvalue weighted by Crippen LogP contribution is -2.19. The van der Waals surface area contributed by atoms with Crippen LogP contribution >= 0.6 is 0 Å². The van der Waals surface area contributed by atoms with Gasteiger partial charge in [-0.3, -0.25) is 0 Å². The third kappa shape index (κ3) is 1.94. The number of anilines is 1. The van der Waals surface area contributed by atoms with E-state index >= 15 is 0 Å². The van der Waals surface area contributed by atoms with E-state index in [1.165, 1.54) is 23.2 Å². The van der Waals surface area contributed by atoms with Crippen molar-refractivity contribution in [1.82, 2.24) is 0 Å². The maximum absolute atomic E-state index is 6.19. The normalized spacial score (nSPS) is 16.7. The summed E-state index contributed by atoms with van der Waals surface area (Å²) in [6.45, 7) is 8.82. The highest BCUT2D eigenvalue weighted by Gasteiger charge is 2.19. The van der Waals surface area contributed by atoms with Gasteiger partial charge in [0, 0.05) is 24.8 Å². The van der Waals surface area contributed by atoms with Gasteiger partial charge in [0.1, 0.15) is 0 Å². The van der Waals surface area contributed by atoms with Crippen LogP contribution in [0.15, 0.2) is 18.2 Å². The Morgan fingerprint density at radius 2 is 2.12 bits per heavy atom. The Morgan fingerprint density at radius 1 is 1.38 bits per heavy atom. The average Bonchev–Trinajstić information content (AvgIpc) is 2.69. The van der Waals surface area contributed by atoms with E-state index in [1.54, 1.807) is 0 Å². The van der Waals surface area contributed by atoms with Gasteiger partial charge in [-0.25, -0.2) is 0 Å². The molecule has 88 valence electrons. The van der Waals surface area contributed by atoms with Crippen molar-refractivity contribution in [3.05, 3.63) is 29.3 Å². The molecule has 2 N–H and O–H groups in total. The largest absolute Gasteiger partial charge is 0.371 e. The van der Waals surface area contributed by atoms with Crippen molar-refractivity contribution in [2.75, 3.05) is 18.0 Å². The van der Waals surface area contributed by atoms with Crippen LogP contribution in [-0.4, -0.2) is 13.1 Å². The number of rotatable bonds is 3. The number of nitrogens with two attached hydrogens (primary N) is 1. The number of fused-ring (bicyclic) bond motifs is 1. The molecule has 0 radical (unpaired) electrons. The second-order valence-corrected chi connectivity index (χ2v) is 4.99. The summed E-state index contributed by atoms with van der Waals surface area (Å²) in [6, 6.07) is 6.90. The molecule has 0 saturated carbocycles. The number of hydrogen-bond acceptors (Lipinski definition) is 2. The zero-order chi connectivity index (χ0) is 11.7. The number of nitrogens with zero attached hydrogens (tertiary/aromatic N) is 1. The van der Waals surface area contributed by atoms with E-state index in [0.717, 1.165) is 13.1 Å². The molecule has 0 spiro atoms. The Balaban J connectivity index is 2.28. The minimum Gasteiger partial charge on any atom is -0.371 e. The van der Waals surface area contributed by atoms with Crippen molar-refractivity contribution in [2.24, 2.45) is 11.7 Å². The summed E-state index contributed by atoms with van der Waals surface area (Å²) >= 11 is 0. The fourth-order valence-electron chi connectivity index (χ4n) is 2.41. The van der Waals surface area contributed by atoms with Crippen molar-refractivity contribution >= 4 is 5.69 Å². The molecule has 1 heterocycles. The van der Waals surface area contributed by atoms with Gasteiger partial charge in [0.25, 0.3) is 0 Å². The molecule has 0 amide bonds. The van der Waals surface area contributed by atoms with Crippen LogP contribution < -0.4 is 10.6 Å². The first-order valence-electron chi connectivity index (χ1n) is 6.26. The van der Waals surface area contributed by atoms with Gasteiger partial charge in [-0.2, -0.15) is 0 Å². The molecular weight excluding hydrogens is 196 g/mol. The molecular formula is C14H22N2. The van der Waals surface area contributed by atoms with Crippen molar-refractivity contribution < 1.29 is 0 Å². The smallest absolute Gasteiger partial charge is 0.0399 e. The molecule has 2 nitrogen and oxygen atoms in total. The van der Waals surface area contributed by atoms with Crippen molar-refractivity contribution in [3.8, 4) is 0 Å². The summed E-state index contributed by atoms with van der Waals surface area (Å²) in [6.07, 6.45) is 1.17. The highest BCUT2D eigenvalue weighted by atomic mass is 15.1. The van der Waals surface area contributed by atoms with Gasteiger partial charge in [-0.1, -0.05) is 26.0 Å². The summed E-state index contributed by atoms with van der Waals surface area (Å²) < 4.78 is 0. The molecule has 16 heavy (non-hydrogen) atoms.